The minimum Gasteiger partial charge on any atom is -0.318 e. The fraction of sp³-hybridized carbons (Fsp3) is 0.385. The number of nitrogens with one attached hydrogen (secondary N) is 2. The highest BCUT2D eigenvalue weighted by molar-refractivity contribution is 8.13. The van der Waals surface area contributed by atoms with Gasteiger partial charge in [-0.15, -0.1) is 0 Å². The highest BCUT2D eigenvalue weighted by atomic mass is 32.2. The van der Waals surface area contributed by atoms with Gasteiger partial charge in [0.1, 0.15) is 0 Å². The second-order valence-electron chi connectivity index (χ2n) is 4.18. The molecule has 0 radical (unpaired) electrons. The van der Waals surface area contributed by atoms with Crippen molar-refractivity contribution in [3.63, 3.8) is 0 Å². The molecule has 0 bridgehead atoms. The third-order valence-electron chi connectivity index (χ3n) is 2.87. The van der Waals surface area contributed by atoms with E-state index in [9.17, 15) is 0 Å². The first-order valence-electron chi connectivity index (χ1n) is 6.05. The van der Waals surface area contributed by atoms with Gasteiger partial charge in [-0.25, -0.2) is 4.99 Å². The highest BCUT2D eigenvalue weighted by Crippen LogP contribution is 2.14. The smallest absolute Gasteiger partial charge is 0.175 e. The number of benzene rings is 1. The first-order valence-corrected chi connectivity index (χ1v) is 7.04. The fourth-order valence-electron chi connectivity index (χ4n) is 1.71. The number of quaternary nitrogens is 1. The molecule has 1 aromatic rings. The van der Waals surface area contributed by atoms with E-state index in [4.69, 9.17) is 5.26 Å². The monoisotopic (exact) mass is 261 g/mol. The summed E-state index contributed by atoms with van der Waals surface area (Å²) in [7, 11) is 0. The number of aliphatic imine (C=N–C) groups is 1. The summed E-state index contributed by atoms with van der Waals surface area (Å²) in [6, 6.07) is 9.88. The summed E-state index contributed by atoms with van der Waals surface area (Å²) >= 11 is 1.70. The Labute approximate surface area is 112 Å². The predicted molar refractivity (Wildman–Crippen MR) is 74.3 cm³/mol. The number of nitrogens with zero attached hydrogens (tertiary/aromatic N) is 2. The lowest BCUT2D eigenvalue weighted by Gasteiger charge is -2.22. The third kappa shape index (κ3) is 3.49. The summed E-state index contributed by atoms with van der Waals surface area (Å²) in [6.45, 7) is 5.06. The molecule has 1 heterocycles. The number of nitriles is 1. The molecular formula is C13H17N4S+. The lowest BCUT2D eigenvalue weighted by molar-refractivity contribution is -0.900. The minimum atomic E-state index is 0.716. The molecule has 0 fully saturated rings. The predicted octanol–water partition coefficient (Wildman–Crippen LogP) is 0.570. The Kier molecular flexibility index (Phi) is 4.62. The van der Waals surface area contributed by atoms with E-state index in [1.165, 1.54) is 4.90 Å². The first-order chi connectivity index (χ1) is 8.81. The van der Waals surface area contributed by atoms with E-state index in [1.54, 1.807) is 11.8 Å². The SMILES string of the molecule is CC[NH+]1CN=C(SCc2cccc(C#N)c2)NC1. The second-order valence-corrected chi connectivity index (χ2v) is 5.14. The van der Waals surface area contributed by atoms with Crippen LogP contribution in [-0.4, -0.2) is 25.0 Å². The summed E-state index contributed by atoms with van der Waals surface area (Å²) in [5.74, 6) is 0.850. The molecule has 0 amide bonds. The summed E-state index contributed by atoms with van der Waals surface area (Å²) < 4.78 is 0. The highest BCUT2D eigenvalue weighted by Gasteiger charge is 2.12. The van der Waals surface area contributed by atoms with Gasteiger partial charge >= 0.3 is 0 Å². The molecule has 1 aliphatic rings. The molecule has 0 spiro atoms. The van der Waals surface area contributed by atoms with Crippen molar-refractivity contribution in [3.8, 4) is 6.07 Å². The number of thioether (sulfide) groups is 1. The molecule has 94 valence electrons. The van der Waals surface area contributed by atoms with Crippen LogP contribution in [-0.2, 0) is 5.75 Å². The maximum Gasteiger partial charge on any atom is 0.175 e. The first kappa shape index (κ1) is 12.9. The average molecular weight is 261 g/mol. The molecule has 0 saturated carbocycles. The van der Waals surface area contributed by atoms with Crippen molar-refractivity contribution in [2.45, 2.75) is 12.7 Å². The number of hydrogen-bond donors (Lipinski definition) is 2. The van der Waals surface area contributed by atoms with Gasteiger partial charge in [0.15, 0.2) is 18.5 Å². The Morgan fingerprint density at radius 3 is 3.11 bits per heavy atom. The maximum atomic E-state index is 8.84. The third-order valence-corrected chi connectivity index (χ3v) is 3.89. The quantitative estimate of drug-likeness (QED) is 0.836. The zero-order valence-electron chi connectivity index (χ0n) is 10.4. The molecule has 4 nitrogen and oxygen atoms in total. The van der Waals surface area contributed by atoms with Crippen molar-refractivity contribution in [2.75, 3.05) is 19.9 Å². The van der Waals surface area contributed by atoms with Crippen molar-refractivity contribution < 1.29 is 4.90 Å². The van der Waals surface area contributed by atoms with Crippen molar-refractivity contribution >= 4 is 16.9 Å². The lowest BCUT2D eigenvalue weighted by atomic mass is 10.2. The topological polar surface area (TPSA) is 52.6 Å². The van der Waals surface area contributed by atoms with Crippen LogP contribution in [0.25, 0.3) is 0 Å². The molecule has 2 rings (SSSR count). The largest absolute Gasteiger partial charge is 0.318 e. The van der Waals surface area contributed by atoms with Crippen LogP contribution in [0.3, 0.4) is 0 Å². The Bertz CT molecular complexity index is 478. The molecule has 18 heavy (non-hydrogen) atoms. The molecule has 0 aromatic heterocycles. The summed E-state index contributed by atoms with van der Waals surface area (Å²) in [6.07, 6.45) is 0. The van der Waals surface area contributed by atoms with E-state index in [1.807, 2.05) is 24.3 Å². The van der Waals surface area contributed by atoms with Crippen LogP contribution >= 0.6 is 11.8 Å². The lowest BCUT2D eigenvalue weighted by Crippen LogP contribution is -3.14. The standard InChI is InChI=1S/C13H16N4S/c1-2-17-9-15-13(16-10-17)18-8-12-5-3-4-11(6-12)7-14/h3-6H,2,8-10H2,1H3,(H,15,16)/p+1. The van der Waals surface area contributed by atoms with Crippen LogP contribution in [0, 0.1) is 11.3 Å². The van der Waals surface area contributed by atoms with Gasteiger partial charge in [0.25, 0.3) is 0 Å². The van der Waals surface area contributed by atoms with Crippen LogP contribution in [0.1, 0.15) is 18.1 Å². The second kappa shape index (κ2) is 6.43. The van der Waals surface area contributed by atoms with E-state index in [2.05, 4.69) is 23.3 Å². The number of rotatable bonds is 3. The minimum absolute atomic E-state index is 0.716. The van der Waals surface area contributed by atoms with E-state index in [-0.39, 0.29) is 0 Å². The van der Waals surface area contributed by atoms with Crippen molar-refractivity contribution in [1.82, 2.24) is 5.32 Å². The van der Waals surface area contributed by atoms with Crippen molar-refractivity contribution in [2.24, 2.45) is 4.99 Å². The Morgan fingerprint density at radius 1 is 1.56 bits per heavy atom. The average Bonchev–Trinajstić information content (AvgIpc) is 2.46. The van der Waals surface area contributed by atoms with Gasteiger partial charge in [0.2, 0.25) is 0 Å². The van der Waals surface area contributed by atoms with E-state index in [0.29, 0.717) is 5.56 Å². The molecule has 5 heteroatoms. The van der Waals surface area contributed by atoms with Gasteiger partial charge in [-0.3, -0.25) is 4.90 Å². The van der Waals surface area contributed by atoms with Crippen LogP contribution in [0.15, 0.2) is 29.3 Å². The zero-order chi connectivity index (χ0) is 12.8. The molecular weight excluding hydrogens is 244 g/mol. The van der Waals surface area contributed by atoms with Gasteiger partial charge in [-0.1, -0.05) is 23.9 Å². The van der Waals surface area contributed by atoms with E-state index >= 15 is 0 Å². The Hall–Kier alpha value is -1.51. The van der Waals surface area contributed by atoms with Crippen molar-refractivity contribution in [1.29, 1.82) is 5.26 Å². The van der Waals surface area contributed by atoms with Crippen molar-refractivity contribution in [3.05, 3.63) is 35.4 Å². The normalized spacial score (nSPS) is 18.7. The van der Waals surface area contributed by atoms with E-state index < -0.39 is 0 Å². The van der Waals surface area contributed by atoms with Crippen LogP contribution < -0.4 is 10.2 Å². The molecule has 2 N–H and O–H groups in total. The fourth-order valence-corrected chi connectivity index (χ4v) is 2.52. The molecule has 1 atom stereocenters. The summed E-state index contributed by atoms with van der Waals surface area (Å²) in [5, 5.41) is 13.2. The Morgan fingerprint density at radius 2 is 2.44 bits per heavy atom. The van der Waals surface area contributed by atoms with Gasteiger partial charge in [0, 0.05) is 5.75 Å². The maximum absolute atomic E-state index is 8.84. The number of hydrogen-bond acceptors (Lipinski definition) is 4. The van der Waals surface area contributed by atoms with E-state index in [0.717, 1.165) is 36.4 Å². The summed E-state index contributed by atoms with van der Waals surface area (Å²) in [5.41, 5.74) is 1.88. The molecule has 0 aliphatic carbocycles. The molecule has 0 saturated heterocycles. The Balaban J connectivity index is 1.88. The van der Waals surface area contributed by atoms with Gasteiger partial charge in [-0.2, -0.15) is 5.26 Å². The molecule has 1 aliphatic heterocycles. The summed E-state index contributed by atoms with van der Waals surface area (Å²) in [4.78, 5) is 5.96. The molecule has 1 unspecified atom stereocenters. The van der Waals surface area contributed by atoms with Crippen LogP contribution in [0.4, 0.5) is 0 Å². The van der Waals surface area contributed by atoms with Gasteiger partial charge in [-0.05, 0) is 24.6 Å². The van der Waals surface area contributed by atoms with Crippen LogP contribution in [0.5, 0.6) is 0 Å². The molecule has 1 aromatic carbocycles. The number of amidine groups is 1. The van der Waals surface area contributed by atoms with Gasteiger partial charge < -0.3 is 5.32 Å². The van der Waals surface area contributed by atoms with Crippen LogP contribution in [0.2, 0.25) is 0 Å². The zero-order valence-corrected chi connectivity index (χ0v) is 11.3. The van der Waals surface area contributed by atoms with Gasteiger partial charge in [0.05, 0.1) is 18.2 Å².